The molecule has 4 nitrogen and oxygen atoms in total. The second kappa shape index (κ2) is 7.92. The molecule has 0 atom stereocenters. The van der Waals surface area contributed by atoms with Crippen molar-refractivity contribution in [2.24, 2.45) is 9.98 Å². The zero-order valence-corrected chi connectivity index (χ0v) is 17.2. The van der Waals surface area contributed by atoms with E-state index in [0.717, 1.165) is 46.0 Å². The van der Waals surface area contributed by atoms with Gasteiger partial charge in [-0.05, 0) is 56.7 Å². The topological polar surface area (TPSA) is 53.8 Å². The van der Waals surface area contributed by atoms with E-state index in [9.17, 15) is 4.79 Å². The first-order valence-electron chi connectivity index (χ1n) is 9.80. The van der Waals surface area contributed by atoms with Crippen LogP contribution in [0, 0.1) is 13.8 Å². The SMILES string of the molecule is Cc1ccc(C)c(NC(=O)CSC2=NC3(CCCC3)N=C2c2ccccc2)c1. The Morgan fingerprint density at radius 2 is 1.82 bits per heavy atom. The fourth-order valence-corrected chi connectivity index (χ4v) is 4.64. The van der Waals surface area contributed by atoms with Crippen LogP contribution in [0.1, 0.15) is 42.4 Å². The minimum Gasteiger partial charge on any atom is -0.325 e. The molecule has 1 heterocycles. The van der Waals surface area contributed by atoms with E-state index in [1.54, 1.807) is 0 Å². The van der Waals surface area contributed by atoms with Crippen LogP contribution in [-0.4, -0.2) is 28.1 Å². The van der Waals surface area contributed by atoms with Crippen molar-refractivity contribution in [2.75, 3.05) is 11.1 Å². The summed E-state index contributed by atoms with van der Waals surface area (Å²) in [5, 5.41) is 3.93. The summed E-state index contributed by atoms with van der Waals surface area (Å²) in [7, 11) is 0. The number of carbonyl (C=O) groups excluding carboxylic acids is 1. The van der Waals surface area contributed by atoms with E-state index in [-0.39, 0.29) is 11.6 Å². The largest absolute Gasteiger partial charge is 0.325 e. The van der Waals surface area contributed by atoms with Crippen molar-refractivity contribution in [1.29, 1.82) is 0 Å². The maximum Gasteiger partial charge on any atom is 0.234 e. The normalized spacial score (nSPS) is 17.5. The van der Waals surface area contributed by atoms with Crippen LogP contribution >= 0.6 is 11.8 Å². The highest BCUT2D eigenvalue weighted by Crippen LogP contribution is 2.40. The van der Waals surface area contributed by atoms with Crippen LogP contribution in [0.3, 0.4) is 0 Å². The molecule has 1 amide bonds. The average molecular weight is 392 g/mol. The molecule has 4 rings (SSSR count). The number of aryl methyl sites for hydroxylation is 2. The molecule has 0 unspecified atom stereocenters. The lowest BCUT2D eigenvalue weighted by atomic mass is 10.1. The Hall–Kier alpha value is -2.40. The maximum atomic E-state index is 12.6. The van der Waals surface area contributed by atoms with Gasteiger partial charge in [-0.1, -0.05) is 54.2 Å². The number of carbonyl (C=O) groups is 1. The van der Waals surface area contributed by atoms with E-state index in [2.05, 4.69) is 23.5 Å². The van der Waals surface area contributed by atoms with Gasteiger partial charge in [0.1, 0.15) is 5.04 Å². The Morgan fingerprint density at radius 1 is 1.07 bits per heavy atom. The third-order valence-corrected chi connectivity index (χ3v) is 6.26. The van der Waals surface area contributed by atoms with E-state index in [4.69, 9.17) is 9.98 Å². The first-order chi connectivity index (χ1) is 13.5. The molecule has 2 aliphatic rings. The van der Waals surface area contributed by atoms with E-state index in [1.165, 1.54) is 24.6 Å². The minimum absolute atomic E-state index is 0.0128. The molecule has 0 aromatic heterocycles. The van der Waals surface area contributed by atoms with Gasteiger partial charge in [0.15, 0.2) is 5.66 Å². The van der Waals surface area contributed by atoms with Gasteiger partial charge in [0.05, 0.1) is 11.5 Å². The summed E-state index contributed by atoms with van der Waals surface area (Å²) in [6, 6.07) is 16.3. The summed E-state index contributed by atoms with van der Waals surface area (Å²) in [5.74, 6) is 0.315. The second-order valence-electron chi connectivity index (χ2n) is 7.59. The van der Waals surface area contributed by atoms with Crippen LogP contribution in [-0.2, 0) is 4.79 Å². The molecule has 144 valence electrons. The minimum atomic E-state index is -0.295. The molecule has 2 aromatic carbocycles. The molecule has 0 radical (unpaired) electrons. The monoisotopic (exact) mass is 391 g/mol. The number of nitrogens with zero attached hydrogens (tertiary/aromatic N) is 2. The van der Waals surface area contributed by atoms with Crippen LogP contribution in [0.4, 0.5) is 5.69 Å². The van der Waals surface area contributed by atoms with Gasteiger partial charge in [-0.15, -0.1) is 0 Å². The molecule has 1 spiro atoms. The Kier molecular flexibility index (Phi) is 5.36. The number of anilines is 1. The number of benzene rings is 2. The van der Waals surface area contributed by atoms with Crippen molar-refractivity contribution in [3.63, 3.8) is 0 Å². The fraction of sp³-hybridized carbons (Fsp3) is 0.348. The number of hydrogen-bond donors (Lipinski definition) is 1. The highest BCUT2D eigenvalue weighted by molar-refractivity contribution is 8.16. The lowest BCUT2D eigenvalue weighted by Crippen LogP contribution is -2.18. The van der Waals surface area contributed by atoms with Crippen molar-refractivity contribution < 1.29 is 4.79 Å². The quantitative estimate of drug-likeness (QED) is 0.784. The van der Waals surface area contributed by atoms with Gasteiger partial charge in [-0.2, -0.15) is 0 Å². The van der Waals surface area contributed by atoms with Crippen molar-refractivity contribution in [2.45, 2.75) is 45.2 Å². The van der Waals surface area contributed by atoms with Gasteiger partial charge < -0.3 is 5.32 Å². The van der Waals surface area contributed by atoms with Gasteiger partial charge in [0.25, 0.3) is 0 Å². The molecule has 2 aromatic rings. The second-order valence-corrected chi connectivity index (χ2v) is 8.55. The molecular weight excluding hydrogens is 366 g/mol. The molecular formula is C23H25N3OS. The molecule has 1 N–H and O–H groups in total. The number of rotatable bonds is 4. The number of hydrogen-bond acceptors (Lipinski definition) is 4. The predicted molar refractivity (Wildman–Crippen MR) is 119 cm³/mol. The fourth-order valence-electron chi connectivity index (χ4n) is 3.76. The first-order valence-corrected chi connectivity index (χ1v) is 10.8. The van der Waals surface area contributed by atoms with Gasteiger partial charge in [-0.3, -0.25) is 9.79 Å². The van der Waals surface area contributed by atoms with E-state index in [0.29, 0.717) is 5.75 Å². The molecule has 1 aliphatic heterocycles. The third-order valence-electron chi connectivity index (χ3n) is 5.29. The molecule has 1 fully saturated rings. The van der Waals surface area contributed by atoms with Crippen molar-refractivity contribution >= 4 is 34.1 Å². The zero-order chi connectivity index (χ0) is 19.6. The van der Waals surface area contributed by atoms with Gasteiger partial charge in [-0.25, -0.2) is 4.99 Å². The Morgan fingerprint density at radius 3 is 2.57 bits per heavy atom. The number of aliphatic imine (C=N–C) groups is 2. The molecule has 0 bridgehead atoms. The van der Waals surface area contributed by atoms with Crippen LogP contribution in [0.5, 0.6) is 0 Å². The Balaban J connectivity index is 1.49. The van der Waals surface area contributed by atoms with Gasteiger partial charge >= 0.3 is 0 Å². The zero-order valence-electron chi connectivity index (χ0n) is 16.4. The standard InChI is InChI=1S/C23H25N3OS/c1-16-10-11-17(2)19(14-16)24-20(27)15-28-22-21(18-8-4-3-5-9-18)25-23(26-22)12-6-7-13-23/h3-5,8-11,14H,6-7,12-13,15H2,1-2H3,(H,24,27). The summed E-state index contributed by atoms with van der Waals surface area (Å²) in [6.07, 6.45) is 4.34. The highest BCUT2D eigenvalue weighted by atomic mass is 32.2. The molecule has 0 saturated heterocycles. The van der Waals surface area contributed by atoms with Crippen LogP contribution < -0.4 is 5.32 Å². The predicted octanol–water partition coefficient (Wildman–Crippen LogP) is 5.15. The maximum absolute atomic E-state index is 12.6. The Bertz CT molecular complexity index is 944. The lowest BCUT2D eigenvalue weighted by Gasteiger charge is -2.14. The van der Waals surface area contributed by atoms with E-state index >= 15 is 0 Å². The number of amides is 1. The smallest absolute Gasteiger partial charge is 0.234 e. The van der Waals surface area contributed by atoms with E-state index in [1.807, 2.05) is 44.2 Å². The summed E-state index contributed by atoms with van der Waals surface area (Å²) < 4.78 is 0. The van der Waals surface area contributed by atoms with Crippen LogP contribution in [0.15, 0.2) is 58.5 Å². The van der Waals surface area contributed by atoms with Crippen molar-refractivity contribution in [3.05, 3.63) is 65.2 Å². The van der Waals surface area contributed by atoms with Gasteiger partial charge in [0, 0.05) is 11.3 Å². The molecule has 1 saturated carbocycles. The highest BCUT2D eigenvalue weighted by Gasteiger charge is 2.39. The van der Waals surface area contributed by atoms with Crippen LogP contribution in [0.2, 0.25) is 0 Å². The first kappa shape index (κ1) is 18.9. The summed E-state index contributed by atoms with van der Waals surface area (Å²) in [4.78, 5) is 22.6. The summed E-state index contributed by atoms with van der Waals surface area (Å²) in [6.45, 7) is 4.04. The summed E-state index contributed by atoms with van der Waals surface area (Å²) >= 11 is 1.49. The molecule has 1 aliphatic carbocycles. The molecule has 5 heteroatoms. The third kappa shape index (κ3) is 4.04. The van der Waals surface area contributed by atoms with Crippen LogP contribution in [0.25, 0.3) is 0 Å². The number of nitrogens with one attached hydrogen (secondary N) is 1. The summed E-state index contributed by atoms with van der Waals surface area (Å²) in [5.41, 5.74) is 4.80. The molecule has 28 heavy (non-hydrogen) atoms. The van der Waals surface area contributed by atoms with E-state index < -0.39 is 0 Å². The van der Waals surface area contributed by atoms with Crippen molar-refractivity contribution in [1.82, 2.24) is 0 Å². The van der Waals surface area contributed by atoms with Crippen molar-refractivity contribution in [3.8, 4) is 0 Å². The number of thioether (sulfide) groups is 1. The Labute approximate surface area is 170 Å². The van der Waals surface area contributed by atoms with Gasteiger partial charge in [0.2, 0.25) is 5.91 Å². The lowest BCUT2D eigenvalue weighted by molar-refractivity contribution is -0.113. The average Bonchev–Trinajstić information content (AvgIpc) is 3.31.